The largest absolute Gasteiger partial charge is 0.497 e. The topological polar surface area (TPSA) is 79.4 Å². The molecule has 1 aromatic carbocycles. The molecule has 2 heterocycles. The number of carbonyl (C=O) groups excluding carboxylic acids is 1. The summed E-state index contributed by atoms with van der Waals surface area (Å²) in [4.78, 5) is 23.5. The van der Waals surface area contributed by atoms with Gasteiger partial charge in [0, 0.05) is 24.5 Å². The van der Waals surface area contributed by atoms with Gasteiger partial charge in [0.1, 0.15) is 5.75 Å². The van der Waals surface area contributed by atoms with Gasteiger partial charge >= 0.3 is 6.03 Å². The van der Waals surface area contributed by atoms with Crippen LogP contribution in [0.3, 0.4) is 0 Å². The monoisotopic (exact) mass is 355 g/mol. The maximum absolute atomic E-state index is 12.1. The average molecular weight is 355 g/mol. The second-order valence-corrected chi connectivity index (χ2v) is 6.38. The van der Waals surface area contributed by atoms with Crippen molar-refractivity contribution in [3.63, 3.8) is 0 Å². The van der Waals surface area contributed by atoms with Crippen LogP contribution in [0.1, 0.15) is 30.7 Å². The Kier molecular flexibility index (Phi) is 5.88. The van der Waals surface area contributed by atoms with E-state index in [0.717, 1.165) is 36.2 Å². The van der Waals surface area contributed by atoms with E-state index in [2.05, 4.69) is 25.5 Å². The van der Waals surface area contributed by atoms with Crippen molar-refractivity contribution in [3.8, 4) is 5.75 Å². The van der Waals surface area contributed by atoms with Crippen LogP contribution in [0.25, 0.3) is 0 Å². The van der Waals surface area contributed by atoms with Crippen molar-refractivity contribution in [2.75, 3.05) is 30.4 Å². The first-order valence-corrected chi connectivity index (χ1v) is 8.92. The van der Waals surface area contributed by atoms with Gasteiger partial charge in [-0.1, -0.05) is 0 Å². The highest BCUT2D eigenvalue weighted by Crippen LogP contribution is 2.17. The smallest absolute Gasteiger partial charge is 0.319 e. The SMILES string of the molecule is COc1ccc(NC(=O)NCc2cc(C)nc(N3CCCCC3)n2)cc1. The number of aryl methyl sites for hydroxylation is 1. The molecule has 2 aromatic rings. The van der Waals surface area contributed by atoms with Crippen molar-refractivity contribution in [2.24, 2.45) is 0 Å². The molecule has 7 heteroatoms. The van der Waals surface area contributed by atoms with Crippen LogP contribution >= 0.6 is 0 Å². The van der Waals surface area contributed by atoms with E-state index < -0.39 is 0 Å². The van der Waals surface area contributed by atoms with E-state index in [4.69, 9.17) is 4.74 Å². The summed E-state index contributed by atoms with van der Waals surface area (Å²) in [5.74, 6) is 1.51. The molecule has 0 unspecified atom stereocenters. The van der Waals surface area contributed by atoms with E-state index in [1.54, 1.807) is 31.4 Å². The Balaban J connectivity index is 1.57. The number of carbonyl (C=O) groups is 1. The second-order valence-electron chi connectivity index (χ2n) is 6.38. The van der Waals surface area contributed by atoms with Gasteiger partial charge in [-0.25, -0.2) is 14.8 Å². The average Bonchev–Trinajstić information content (AvgIpc) is 2.67. The van der Waals surface area contributed by atoms with Gasteiger partial charge in [-0.15, -0.1) is 0 Å². The summed E-state index contributed by atoms with van der Waals surface area (Å²) in [6.07, 6.45) is 3.62. The van der Waals surface area contributed by atoms with Gasteiger partial charge in [-0.05, 0) is 56.5 Å². The molecular formula is C19H25N5O2. The normalized spacial score (nSPS) is 14.0. The van der Waals surface area contributed by atoms with Crippen molar-refractivity contribution in [1.29, 1.82) is 0 Å². The molecule has 2 N–H and O–H groups in total. The highest BCUT2D eigenvalue weighted by Gasteiger charge is 2.15. The highest BCUT2D eigenvalue weighted by atomic mass is 16.5. The molecule has 0 spiro atoms. The van der Waals surface area contributed by atoms with E-state index in [9.17, 15) is 4.79 Å². The number of urea groups is 1. The summed E-state index contributed by atoms with van der Waals surface area (Å²) >= 11 is 0. The zero-order valence-corrected chi connectivity index (χ0v) is 15.3. The van der Waals surface area contributed by atoms with Crippen LogP contribution < -0.4 is 20.3 Å². The maximum Gasteiger partial charge on any atom is 0.319 e. The summed E-state index contributed by atoms with van der Waals surface area (Å²) < 4.78 is 5.11. The quantitative estimate of drug-likeness (QED) is 0.861. The summed E-state index contributed by atoms with van der Waals surface area (Å²) in [6, 6.07) is 8.82. The van der Waals surface area contributed by atoms with Crippen LogP contribution in [-0.2, 0) is 6.54 Å². The van der Waals surface area contributed by atoms with Crippen molar-refractivity contribution in [1.82, 2.24) is 15.3 Å². The minimum atomic E-state index is -0.272. The van der Waals surface area contributed by atoms with Crippen LogP contribution in [0.15, 0.2) is 30.3 Å². The number of hydrogen-bond acceptors (Lipinski definition) is 5. The van der Waals surface area contributed by atoms with Gasteiger partial charge in [-0.2, -0.15) is 0 Å². The molecule has 26 heavy (non-hydrogen) atoms. The number of nitrogens with one attached hydrogen (secondary N) is 2. The van der Waals surface area contributed by atoms with Gasteiger partial charge < -0.3 is 20.3 Å². The van der Waals surface area contributed by atoms with Crippen molar-refractivity contribution < 1.29 is 9.53 Å². The van der Waals surface area contributed by atoms with Crippen LogP contribution in [-0.4, -0.2) is 36.2 Å². The van der Waals surface area contributed by atoms with E-state index in [-0.39, 0.29) is 6.03 Å². The summed E-state index contributed by atoms with van der Waals surface area (Å²) in [7, 11) is 1.61. The predicted molar refractivity (Wildman–Crippen MR) is 102 cm³/mol. The lowest BCUT2D eigenvalue weighted by Crippen LogP contribution is -2.32. The van der Waals surface area contributed by atoms with Crippen molar-refractivity contribution in [2.45, 2.75) is 32.7 Å². The number of ether oxygens (including phenoxy) is 1. The Morgan fingerprint density at radius 2 is 1.88 bits per heavy atom. The zero-order valence-electron chi connectivity index (χ0n) is 15.3. The predicted octanol–water partition coefficient (Wildman–Crippen LogP) is 3.11. The second kappa shape index (κ2) is 8.51. The van der Waals surface area contributed by atoms with Crippen molar-refractivity contribution in [3.05, 3.63) is 41.7 Å². The summed E-state index contributed by atoms with van der Waals surface area (Å²) in [5, 5.41) is 5.64. The first-order valence-electron chi connectivity index (χ1n) is 8.92. The molecule has 0 saturated carbocycles. The lowest BCUT2D eigenvalue weighted by molar-refractivity contribution is 0.251. The number of methoxy groups -OCH3 is 1. The molecule has 0 bridgehead atoms. The van der Waals surface area contributed by atoms with Crippen LogP contribution in [0, 0.1) is 6.92 Å². The first-order chi connectivity index (χ1) is 12.6. The number of aromatic nitrogens is 2. The number of nitrogens with zero attached hydrogens (tertiary/aromatic N) is 3. The zero-order chi connectivity index (χ0) is 18.4. The van der Waals surface area contributed by atoms with Crippen LogP contribution in [0.4, 0.5) is 16.4 Å². The number of amides is 2. The Labute approximate surface area is 153 Å². The molecule has 138 valence electrons. The Morgan fingerprint density at radius 1 is 1.15 bits per heavy atom. The molecule has 0 radical (unpaired) electrons. The maximum atomic E-state index is 12.1. The molecular weight excluding hydrogens is 330 g/mol. The third-order valence-corrected chi connectivity index (χ3v) is 4.31. The minimum Gasteiger partial charge on any atom is -0.497 e. The number of anilines is 2. The summed E-state index contributed by atoms with van der Waals surface area (Å²) in [5.41, 5.74) is 2.42. The highest BCUT2D eigenvalue weighted by molar-refractivity contribution is 5.89. The number of piperidine rings is 1. The molecule has 0 aliphatic carbocycles. The first kappa shape index (κ1) is 18.0. The van der Waals surface area contributed by atoms with E-state index >= 15 is 0 Å². The molecule has 1 fully saturated rings. The van der Waals surface area contributed by atoms with Crippen molar-refractivity contribution >= 4 is 17.7 Å². The van der Waals surface area contributed by atoms with Crippen LogP contribution in [0.5, 0.6) is 5.75 Å². The van der Waals surface area contributed by atoms with E-state index in [1.165, 1.54) is 19.3 Å². The van der Waals surface area contributed by atoms with Crippen LogP contribution in [0.2, 0.25) is 0 Å². The molecule has 1 saturated heterocycles. The van der Waals surface area contributed by atoms with E-state index in [1.807, 2.05) is 13.0 Å². The molecule has 0 atom stereocenters. The fraction of sp³-hybridized carbons (Fsp3) is 0.421. The molecule has 1 aliphatic heterocycles. The molecule has 7 nitrogen and oxygen atoms in total. The third kappa shape index (κ3) is 4.84. The summed E-state index contributed by atoms with van der Waals surface area (Å²) in [6.45, 7) is 4.30. The van der Waals surface area contributed by atoms with Gasteiger partial charge in [0.25, 0.3) is 0 Å². The molecule has 2 amide bonds. The molecule has 1 aromatic heterocycles. The number of benzene rings is 1. The van der Waals surface area contributed by atoms with E-state index in [0.29, 0.717) is 12.2 Å². The van der Waals surface area contributed by atoms with Gasteiger partial charge in [0.15, 0.2) is 0 Å². The van der Waals surface area contributed by atoms with Gasteiger partial charge in [0.2, 0.25) is 5.95 Å². The lowest BCUT2D eigenvalue weighted by Gasteiger charge is -2.27. The fourth-order valence-electron chi connectivity index (χ4n) is 2.96. The number of rotatable bonds is 5. The standard InChI is InChI=1S/C19H25N5O2/c1-14-12-16(22-18(21-14)24-10-4-3-5-11-24)13-20-19(25)23-15-6-8-17(26-2)9-7-15/h6-9,12H,3-5,10-11,13H2,1-2H3,(H2,20,23,25). The number of hydrogen-bond donors (Lipinski definition) is 2. The third-order valence-electron chi connectivity index (χ3n) is 4.31. The van der Waals surface area contributed by atoms with Gasteiger partial charge in [-0.3, -0.25) is 0 Å². The molecule has 3 rings (SSSR count). The Morgan fingerprint density at radius 3 is 2.58 bits per heavy atom. The lowest BCUT2D eigenvalue weighted by atomic mass is 10.1. The Bertz CT molecular complexity index is 742. The van der Waals surface area contributed by atoms with Gasteiger partial charge in [0.05, 0.1) is 19.3 Å². The molecule has 1 aliphatic rings. The Hall–Kier alpha value is -2.83. The fourth-order valence-corrected chi connectivity index (χ4v) is 2.96. The minimum absolute atomic E-state index is 0.272.